The molecule has 148 valence electrons. The Labute approximate surface area is 160 Å². The minimum absolute atomic E-state index is 0.193. The van der Waals surface area contributed by atoms with Crippen molar-refractivity contribution in [1.29, 1.82) is 0 Å². The molecule has 1 N–H and O–H groups in total. The first-order chi connectivity index (χ1) is 12.7. The number of unbranched alkanes of at least 4 members (excludes halogenated alkanes) is 5. The zero-order valence-corrected chi connectivity index (χ0v) is 16.6. The highest BCUT2D eigenvalue weighted by atomic mass is 16.7. The second kappa shape index (κ2) is 19.8. The number of carboxylic acids is 1. The maximum absolute atomic E-state index is 10.6. The fourth-order valence-electron chi connectivity index (χ4n) is 2.17. The molecule has 0 unspecified atom stereocenters. The molecule has 0 saturated heterocycles. The molecule has 0 bridgehead atoms. The van der Waals surface area contributed by atoms with Gasteiger partial charge in [-0.1, -0.05) is 26.7 Å². The van der Waals surface area contributed by atoms with Gasteiger partial charge in [-0.15, -0.1) is 23.7 Å². The zero-order chi connectivity index (χ0) is 19.3. The van der Waals surface area contributed by atoms with E-state index in [-0.39, 0.29) is 12.7 Å². The molecule has 0 fully saturated rings. The van der Waals surface area contributed by atoms with Crippen molar-refractivity contribution in [2.75, 3.05) is 13.2 Å². The zero-order valence-electron chi connectivity index (χ0n) is 16.6. The summed E-state index contributed by atoms with van der Waals surface area (Å²) in [5, 5.41) is 8.71. The van der Waals surface area contributed by atoms with Crippen molar-refractivity contribution in [3.05, 3.63) is 0 Å². The summed E-state index contributed by atoms with van der Waals surface area (Å²) in [5.41, 5.74) is 0. The van der Waals surface area contributed by atoms with E-state index in [2.05, 4.69) is 37.5 Å². The van der Waals surface area contributed by atoms with Crippen LogP contribution in [0.4, 0.5) is 0 Å². The van der Waals surface area contributed by atoms with Gasteiger partial charge in [0, 0.05) is 32.1 Å². The monoisotopic (exact) mass is 364 g/mol. The van der Waals surface area contributed by atoms with Crippen LogP contribution >= 0.6 is 0 Å². The molecule has 0 spiro atoms. The average molecular weight is 365 g/mol. The molecule has 0 aromatic rings. The number of rotatable bonds is 15. The molecule has 0 atom stereocenters. The summed E-state index contributed by atoms with van der Waals surface area (Å²) in [5.74, 6) is 11.8. The van der Waals surface area contributed by atoms with Crippen molar-refractivity contribution < 1.29 is 19.4 Å². The van der Waals surface area contributed by atoms with Crippen LogP contribution in [0.3, 0.4) is 0 Å². The van der Waals surface area contributed by atoms with E-state index in [9.17, 15) is 4.79 Å². The molecule has 0 aliphatic heterocycles. The molecule has 0 aromatic carbocycles. The largest absolute Gasteiger partial charge is 0.481 e. The number of carbonyl (C=O) groups is 1. The van der Waals surface area contributed by atoms with Gasteiger partial charge >= 0.3 is 5.97 Å². The maximum Gasteiger partial charge on any atom is 0.303 e. The van der Waals surface area contributed by atoms with Gasteiger partial charge in [0.25, 0.3) is 0 Å². The fraction of sp³-hybridized carbons (Fsp3) is 0.773. The summed E-state index contributed by atoms with van der Waals surface area (Å²) in [6.07, 6.45) is 9.95. The van der Waals surface area contributed by atoms with Crippen LogP contribution in [0.2, 0.25) is 0 Å². The minimum Gasteiger partial charge on any atom is -0.481 e. The lowest BCUT2D eigenvalue weighted by Crippen LogP contribution is -2.18. The Bertz CT molecular complexity index is 418. The molecular weight excluding hydrogens is 328 g/mol. The molecular formula is C22H36O4. The number of ether oxygens (including phenoxy) is 2. The number of hydrogen-bond donors (Lipinski definition) is 1. The van der Waals surface area contributed by atoms with E-state index >= 15 is 0 Å². The van der Waals surface area contributed by atoms with Crippen molar-refractivity contribution in [2.45, 2.75) is 97.2 Å². The highest BCUT2D eigenvalue weighted by Gasteiger charge is 2.09. The van der Waals surface area contributed by atoms with Crippen LogP contribution in [0.1, 0.15) is 90.9 Å². The Morgan fingerprint density at radius 3 is 1.77 bits per heavy atom. The second-order valence-corrected chi connectivity index (χ2v) is 6.22. The predicted octanol–water partition coefficient (Wildman–Crippen LogP) is 5.16. The van der Waals surface area contributed by atoms with Gasteiger partial charge in [0.05, 0.1) is 13.2 Å². The van der Waals surface area contributed by atoms with Gasteiger partial charge in [0.15, 0.2) is 6.29 Å². The summed E-state index contributed by atoms with van der Waals surface area (Å²) in [7, 11) is 0. The van der Waals surface area contributed by atoms with E-state index in [0.29, 0.717) is 38.9 Å². The molecule has 0 aliphatic carbocycles. The van der Waals surface area contributed by atoms with Gasteiger partial charge in [-0.05, 0) is 32.1 Å². The van der Waals surface area contributed by atoms with E-state index in [1.807, 2.05) is 0 Å². The third-order valence-electron chi connectivity index (χ3n) is 3.70. The summed E-state index contributed by atoms with van der Waals surface area (Å²) < 4.78 is 11.6. The molecule has 0 radical (unpaired) electrons. The van der Waals surface area contributed by atoms with Crippen LogP contribution in [0, 0.1) is 23.7 Å². The Kier molecular flexibility index (Phi) is 18.7. The maximum atomic E-state index is 10.6. The number of aliphatic carboxylic acids is 1. The van der Waals surface area contributed by atoms with Gasteiger partial charge < -0.3 is 14.6 Å². The van der Waals surface area contributed by atoms with E-state index in [0.717, 1.165) is 32.1 Å². The van der Waals surface area contributed by atoms with Crippen molar-refractivity contribution in [1.82, 2.24) is 0 Å². The quantitative estimate of drug-likeness (QED) is 0.248. The molecule has 0 saturated carbocycles. The Hall–Kier alpha value is -1.49. The standard InChI is InChI=1S/C22H36O4/c1-3-5-7-9-11-15-19-25-22(18-14-13-17-21(23)24)26-20-16-12-10-8-6-4-2/h22H,3-8,13-20H2,1-2H3,(H,23,24). The van der Waals surface area contributed by atoms with Crippen molar-refractivity contribution in [3.8, 4) is 23.7 Å². The third-order valence-corrected chi connectivity index (χ3v) is 3.70. The van der Waals surface area contributed by atoms with Gasteiger partial charge in [-0.25, -0.2) is 0 Å². The van der Waals surface area contributed by atoms with Crippen LogP contribution in [0.15, 0.2) is 0 Å². The van der Waals surface area contributed by atoms with Crippen molar-refractivity contribution in [2.24, 2.45) is 0 Å². The second-order valence-electron chi connectivity index (χ2n) is 6.22. The van der Waals surface area contributed by atoms with Crippen LogP contribution in [-0.2, 0) is 14.3 Å². The van der Waals surface area contributed by atoms with Crippen LogP contribution in [0.25, 0.3) is 0 Å². The first-order valence-electron chi connectivity index (χ1n) is 10.1. The Balaban J connectivity index is 4.03. The topological polar surface area (TPSA) is 55.8 Å². The fourth-order valence-corrected chi connectivity index (χ4v) is 2.17. The van der Waals surface area contributed by atoms with Crippen LogP contribution in [-0.4, -0.2) is 30.6 Å². The lowest BCUT2D eigenvalue weighted by molar-refractivity contribution is -0.145. The first-order valence-corrected chi connectivity index (χ1v) is 10.1. The first kappa shape index (κ1) is 24.5. The Morgan fingerprint density at radius 1 is 0.808 bits per heavy atom. The molecule has 26 heavy (non-hydrogen) atoms. The minimum atomic E-state index is -0.756. The number of hydrogen-bond acceptors (Lipinski definition) is 3. The smallest absolute Gasteiger partial charge is 0.303 e. The van der Waals surface area contributed by atoms with Gasteiger partial charge in [0.2, 0.25) is 0 Å². The summed E-state index contributed by atoms with van der Waals surface area (Å²) >= 11 is 0. The summed E-state index contributed by atoms with van der Waals surface area (Å²) in [4.78, 5) is 10.6. The van der Waals surface area contributed by atoms with Gasteiger partial charge in [0.1, 0.15) is 0 Å². The highest BCUT2D eigenvalue weighted by Crippen LogP contribution is 2.09. The van der Waals surface area contributed by atoms with Crippen LogP contribution in [0.5, 0.6) is 0 Å². The molecule has 0 aliphatic rings. The lowest BCUT2D eigenvalue weighted by atomic mass is 10.2. The van der Waals surface area contributed by atoms with E-state index in [1.54, 1.807) is 0 Å². The summed E-state index contributed by atoms with van der Waals surface area (Å²) in [6.45, 7) is 5.41. The molecule has 0 heterocycles. The number of carboxylic acid groups (broad SMARTS) is 1. The molecule has 4 nitrogen and oxygen atoms in total. The molecule has 0 amide bonds. The Morgan fingerprint density at radius 2 is 1.31 bits per heavy atom. The van der Waals surface area contributed by atoms with E-state index in [4.69, 9.17) is 14.6 Å². The van der Waals surface area contributed by atoms with E-state index < -0.39 is 5.97 Å². The highest BCUT2D eigenvalue weighted by molar-refractivity contribution is 5.66. The normalized spacial score (nSPS) is 10.1. The van der Waals surface area contributed by atoms with E-state index in [1.165, 1.54) is 12.8 Å². The predicted molar refractivity (Wildman–Crippen MR) is 106 cm³/mol. The lowest BCUT2D eigenvalue weighted by Gasteiger charge is -2.17. The van der Waals surface area contributed by atoms with Crippen molar-refractivity contribution in [3.63, 3.8) is 0 Å². The van der Waals surface area contributed by atoms with Crippen molar-refractivity contribution >= 4 is 5.97 Å². The third kappa shape index (κ3) is 18.8. The molecule has 0 aromatic heterocycles. The SMILES string of the molecule is CCCCC#CCCOC(CCCCC(=O)O)OCCC#CCCCC. The molecule has 0 rings (SSSR count). The summed E-state index contributed by atoms with van der Waals surface area (Å²) in [6, 6.07) is 0. The van der Waals surface area contributed by atoms with Crippen LogP contribution < -0.4 is 0 Å². The molecule has 4 heteroatoms. The van der Waals surface area contributed by atoms with Gasteiger partial charge in [-0.3, -0.25) is 4.79 Å². The van der Waals surface area contributed by atoms with Gasteiger partial charge in [-0.2, -0.15) is 0 Å². The average Bonchev–Trinajstić information content (AvgIpc) is 2.62.